The number of hydrogen-bond acceptors (Lipinski definition) is 5. The Bertz CT molecular complexity index is 1150. The second kappa shape index (κ2) is 14.0. The lowest BCUT2D eigenvalue weighted by Crippen LogP contribution is -2.13. The molecule has 3 rings (SSSR count). The lowest BCUT2D eigenvalue weighted by molar-refractivity contribution is 0.0396. The molecule has 0 aliphatic rings. The van der Waals surface area contributed by atoms with Gasteiger partial charge < -0.3 is 9.47 Å². The lowest BCUT2D eigenvalue weighted by Gasteiger charge is -2.08. The Balaban J connectivity index is 1.46. The third-order valence-corrected chi connectivity index (χ3v) is 5.93. The maximum absolute atomic E-state index is 12.5. The topological polar surface area (TPSA) is 69.7 Å². The molecule has 0 unspecified atom stereocenters. The Kier molecular flexibility index (Phi) is 10.4. The summed E-state index contributed by atoms with van der Waals surface area (Å²) in [5, 5.41) is 0. The van der Waals surface area contributed by atoms with E-state index in [2.05, 4.69) is 13.8 Å². The zero-order valence-corrected chi connectivity index (χ0v) is 21.1. The number of carbonyl (C=O) groups is 3. The first-order valence-electron chi connectivity index (χ1n) is 12.7. The van der Waals surface area contributed by atoms with Crippen LogP contribution < -0.4 is 0 Å². The molecular weight excluding hydrogens is 452 g/mol. The van der Waals surface area contributed by atoms with Crippen molar-refractivity contribution in [3.05, 3.63) is 106 Å². The molecule has 0 amide bonds. The molecule has 0 aromatic heterocycles. The summed E-state index contributed by atoms with van der Waals surface area (Å²) >= 11 is 0. The summed E-state index contributed by atoms with van der Waals surface area (Å²) in [7, 11) is 0. The quantitative estimate of drug-likeness (QED) is 0.161. The Morgan fingerprint density at radius 2 is 1.17 bits per heavy atom. The predicted octanol–water partition coefficient (Wildman–Crippen LogP) is 6.77. The third kappa shape index (κ3) is 8.19. The van der Waals surface area contributed by atoms with Crippen molar-refractivity contribution >= 4 is 17.9 Å². The van der Waals surface area contributed by atoms with E-state index in [1.165, 1.54) is 5.56 Å². The van der Waals surface area contributed by atoms with Crippen LogP contribution in [0.25, 0.3) is 0 Å². The first kappa shape index (κ1) is 26.9. The van der Waals surface area contributed by atoms with Crippen LogP contribution in [-0.2, 0) is 28.7 Å². The van der Waals surface area contributed by atoms with E-state index in [-0.39, 0.29) is 12.6 Å². The van der Waals surface area contributed by atoms with Crippen LogP contribution in [0.2, 0.25) is 0 Å². The van der Waals surface area contributed by atoms with E-state index < -0.39 is 11.9 Å². The van der Waals surface area contributed by atoms with Crippen molar-refractivity contribution in [2.75, 3.05) is 6.61 Å². The number of rotatable bonds is 12. The van der Waals surface area contributed by atoms with Crippen LogP contribution in [0, 0.1) is 0 Å². The number of ether oxygens (including phenoxy) is 2. The van der Waals surface area contributed by atoms with E-state index in [1.807, 2.05) is 30.3 Å². The summed E-state index contributed by atoms with van der Waals surface area (Å²) in [6.07, 6.45) is 6.44. The first-order chi connectivity index (χ1) is 17.5. The summed E-state index contributed by atoms with van der Waals surface area (Å²) in [6.45, 7) is 4.53. The van der Waals surface area contributed by atoms with E-state index in [0.29, 0.717) is 29.5 Å². The normalized spacial score (nSPS) is 10.6. The molecule has 0 bridgehead atoms. The molecule has 0 saturated carbocycles. The molecule has 188 valence electrons. The van der Waals surface area contributed by atoms with Crippen molar-refractivity contribution < 1.29 is 23.9 Å². The van der Waals surface area contributed by atoms with Crippen LogP contribution in [0.3, 0.4) is 0 Å². The Morgan fingerprint density at radius 3 is 1.81 bits per heavy atom. The van der Waals surface area contributed by atoms with E-state index in [1.54, 1.807) is 42.5 Å². The smallest absolute Gasteiger partial charge is 0.346 e. The van der Waals surface area contributed by atoms with E-state index in [0.717, 1.165) is 43.2 Å². The van der Waals surface area contributed by atoms with Gasteiger partial charge in [0, 0.05) is 0 Å². The highest BCUT2D eigenvalue weighted by Gasteiger charge is 2.15. The van der Waals surface area contributed by atoms with E-state index >= 15 is 0 Å². The molecule has 3 aromatic carbocycles. The number of esters is 3. The Labute approximate surface area is 213 Å². The fraction of sp³-hybridized carbons (Fsp3) is 0.323. The zero-order valence-electron chi connectivity index (χ0n) is 21.1. The lowest BCUT2D eigenvalue weighted by atomic mass is 10.1. The van der Waals surface area contributed by atoms with Gasteiger partial charge in [-0.05, 0) is 85.2 Å². The predicted molar refractivity (Wildman–Crippen MR) is 140 cm³/mol. The summed E-state index contributed by atoms with van der Waals surface area (Å²) < 4.78 is 10.5. The van der Waals surface area contributed by atoms with Crippen LogP contribution in [0.4, 0.5) is 0 Å². The molecule has 0 saturated heterocycles. The molecular formula is C31H34O5. The molecule has 0 heterocycles. The molecule has 0 aliphatic carbocycles. The average Bonchev–Trinajstić information content (AvgIpc) is 2.91. The van der Waals surface area contributed by atoms with Gasteiger partial charge in [0.2, 0.25) is 0 Å². The standard InChI is InChI=1S/C31H34O5/c1-3-5-9-24-15-19-27(20-16-24)30(33)36-31(34)28-12-6-10-25(22-28)11-7-21-35-29(32)26-17-13-23(8-4-2)14-18-26/h6,10,12-20,22H,3-5,7-9,11,21H2,1-2H3. The minimum Gasteiger partial charge on any atom is -0.462 e. The van der Waals surface area contributed by atoms with E-state index in [4.69, 9.17) is 9.47 Å². The molecule has 0 N–H and O–H groups in total. The molecule has 0 radical (unpaired) electrons. The van der Waals surface area contributed by atoms with E-state index in [9.17, 15) is 14.4 Å². The van der Waals surface area contributed by atoms with Gasteiger partial charge in [-0.1, -0.05) is 63.1 Å². The second-order valence-electron chi connectivity index (χ2n) is 8.86. The fourth-order valence-corrected chi connectivity index (χ4v) is 3.86. The van der Waals surface area contributed by atoms with Crippen LogP contribution in [-0.4, -0.2) is 24.5 Å². The summed E-state index contributed by atoms with van der Waals surface area (Å²) in [5.74, 6) is -1.69. The molecule has 3 aromatic rings. The molecule has 5 heteroatoms. The van der Waals surface area contributed by atoms with Crippen molar-refractivity contribution in [2.24, 2.45) is 0 Å². The first-order valence-corrected chi connectivity index (χ1v) is 12.7. The largest absolute Gasteiger partial charge is 0.462 e. The molecule has 0 fully saturated rings. The van der Waals surface area contributed by atoms with Gasteiger partial charge in [0.1, 0.15) is 0 Å². The van der Waals surface area contributed by atoms with Gasteiger partial charge in [-0.15, -0.1) is 0 Å². The zero-order chi connectivity index (χ0) is 25.8. The van der Waals surface area contributed by atoms with Crippen molar-refractivity contribution in [1.82, 2.24) is 0 Å². The van der Waals surface area contributed by atoms with Gasteiger partial charge in [-0.3, -0.25) is 0 Å². The molecule has 0 atom stereocenters. The van der Waals surface area contributed by atoms with Crippen molar-refractivity contribution in [1.29, 1.82) is 0 Å². The van der Waals surface area contributed by atoms with Crippen LogP contribution in [0.1, 0.15) is 87.3 Å². The Morgan fingerprint density at radius 1 is 0.583 bits per heavy atom. The monoisotopic (exact) mass is 486 g/mol. The van der Waals surface area contributed by atoms with Crippen LogP contribution in [0.5, 0.6) is 0 Å². The van der Waals surface area contributed by atoms with Gasteiger partial charge in [-0.2, -0.15) is 0 Å². The molecule has 5 nitrogen and oxygen atoms in total. The summed E-state index contributed by atoms with van der Waals surface area (Å²) in [5.41, 5.74) is 4.46. The number of unbranched alkanes of at least 4 members (excludes halogenated alkanes) is 1. The summed E-state index contributed by atoms with van der Waals surface area (Å²) in [4.78, 5) is 37.1. The Hall–Kier alpha value is -3.73. The van der Waals surface area contributed by atoms with Crippen molar-refractivity contribution in [3.8, 4) is 0 Å². The highest BCUT2D eigenvalue weighted by atomic mass is 16.6. The molecule has 36 heavy (non-hydrogen) atoms. The number of benzene rings is 3. The number of carbonyl (C=O) groups excluding carboxylic acids is 3. The molecule has 0 aliphatic heterocycles. The highest BCUT2D eigenvalue weighted by Crippen LogP contribution is 2.13. The second-order valence-corrected chi connectivity index (χ2v) is 8.86. The van der Waals surface area contributed by atoms with Gasteiger partial charge in [0.05, 0.1) is 23.3 Å². The van der Waals surface area contributed by atoms with Gasteiger partial charge in [0.25, 0.3) is 0 Å². The van der Waals surface area contributed by atoms with Gasteiger partial charge in [0.15, 0.2) is 0 Å². The SMILES string of the molecule is CCCCc1ccc(C(=O)OC(=O)c2cccc(CCCOC(=O)c3ccc(CCC)cc3)c2)cc1. The van der Waals surface area contributed by atoms with Crippen LogP contribution >= 0.6 is 0 Å². The van der Waals surface area contributed by atoms with Crippen molar-refractivity contribution in [3.63, 3.8) is 0 Å². The maximum Gasteiger partial charge on any atom is 0.346 e. The molecule has 0 spiro atoms. The maximum atomic E-state index is 12.5. The fourth-order valence-electron chi connectivity index (χ4n) is 3.86. The van der Waals surface area contributed by atoms with Crippen LogP contribution in [0.15, 0.2) is 72.8 Å². The van der Waals surface area contributed by atoms with Gasteiger partial charge in [-0.25, -0.2) is 14.4 Å². The third-order valence-electron chi connectivity index (χ3n) is 5.93. The minimum atomic E-state index is -0.685. The number of hydrogen-bond donors (Lipinski definition) is 0. The minimum absolute atomic E-state index is 0.275. The highest BCUT2D eigenvalue weighted by molar-refractivity contribution is 6.02. The van der Waals surface area contributed by atoms with Gasteiger partial charge >= 0.3 is 17.9 Å². The number of aryl methyl sites for hydroxylation is 3. The van der Waals surface area contributed by atoms with Crippen molar-refractivity contribution in [2.45, 2.75) is 58.8 Å². The summed E-state index contributed by atoms with van der Waals surface area (Å²) in [6, 6.07) is 21.6. The average molecular weight is 487 g/mol.